The molecule has 1 N–H and O–H groups in total. The number of hydrogen-bond donors (Lipinski definition) is 1. The molecule has 4 aliphatic rings. The third-order valence-corrected chi connectivity index (χ3v) is 7.64. The Balaban J connectivity index is 1.57. The van der Waals surface area contributed by atoms with Gasteiger partial charge in [0.15, 0.2) is 0 Å². The lowest BCUT2D eigenvalue weighted by Gasteiger charge is -2.36. The molecule has 2 aromatic carbocycles. The van der Waals surface area contributed by atoms with Crippen LogP contribution in [0.5, 0.6) is 0 Å². The Bertz CT molecular complexity index is 1200. The first-order valence-corrected chi connectivity index (χ1v) is 10.8. The van der Waals surface area contributed by atoms with Gasteiger partial charge < -0.3 is 5.32 Å². The molecule has 6 nitrogen and oxygen atoms in total. The van der Waals surface area contributed by atoms with E-state index in [1.54, 1.807) is 6.07 Å². The molecule has 4 heterocycles. The highest BCUT2D eigenvalue weighted by atomic mass is 35.5. The van der Waals surface area contributed by atoms with Gasteiger partial charge in [-0.2, -0.15) is 0 Å². The van der Waals surface area contributed by atoms with Crippen LogP contribution in [-0.4, -0.2) is 35.2 Å². The number of nitrogens with one attached hydrogen (secondary N) is 1. The lowest BCUT2D eigenvalue weighted by atomic mass is 9.75. The maximum absolute atomic E-state index is 14.3. The summed E-state index contributed by atoms with van der Waals surface area (Å²) in [6, 6.07) is 8.36. The van der Waals surface area contributed by atoms with E-state index in [4.69, 9.17) is 23.2 Å². The van der Waals surface area contributed by atoms with Crippen molar-refractivity contribution in [3.05, 3.63) is 57.8 Å². The van der Waals surface area contributed by atoms with E-state index in [0.717, 1.165) is 11.3 Å². The highest BCUT2D eigenvalue weighted by Crippen LogP contribution is 2.61. The van der Waals surface area contributed by atoms with E-state index in [0.29, 0.717) is 29.2 Å². The molecule has 6 rings (SSSR count). The van der Waals surface area contributed by atoms with Gasteiger partial charge in [0.2, 0.25) is 17.7 Å². The number of hydrogen-bond acceptors (Lipinski definition) is 4. The highest BCUT2D eigenvalue weighted by molar-refractivity contribution is 6.38. The summed E-state index contributed by atoms with van der Waals surface area (Å²) in [5, 5.41) is 3.37. The molecule has 2 aromatic rings. The monoisotopic (exact) mass is 459 g/mol. The maximum atomic E-state index is 14.3. The van der Waals surface area contributed by atoms with Crippen molar-refractivity contribution in [3.8, 4) is 0 Å². The first kappa shape index (κ1) is 19.2. The number of nitrogens with zero attached hydrogens (tertiary/aromatic N) is 2. The summed E-state index contributed by atoms with van der Waals surface area (Å²) in [4.78, 5) is 43.8. The average Bonchev–Trinajstić information content (AvgIpc) is 3.42. The second kappa shape index (κ2) is 6.28. The molecule has 0 aromatic heterocycles. The van der Waals surface area contributed by atoms with Crippen molar-refractivity contribution >= 4 is 52.3 Å². The summed E-state index contributed by atoms with van der Waals surface area (Å²) >= 11 is 12.3. The van der Waals surface area contributed by atoms with Gasteiger partial charge in [-0.15, -0.1) is 0 Å². The summed E-state index contributed by atoms with van der Waals surface area (Å²) in [6.45, 7) is 0.559. The van der Waals surface area contributed by atoms with Gasteiger partial charge >= 0.3 is 0 Å². The number of halogens is 3. The topological polar surface area (TPSA) is 69.7 Å². The molecule has 0 saturated carbocycles. The Labute approximate surface area is 186 Å². The molecule has 4 atom stereocenters. The van der Waals surface area contributed by atoms with Crippen molar-refractivity contribution in [2.24, 2.45) is 11.8 Å². The molecule has 31 heavy (non-hydrogen) atoms. The Morgan fingerprint density at radius 3 is 2.65 bits per heavy atom. The molecule has 3 saturated heterocycles. The molecule has 4 unspecified atom stereocenters. The molecule has 4 aliphatic heterocycles. The standard InChI is InChI=1S/C22H16Cl2FN3O3/c23-10-3-6-15(13(24)8-10)28-19(29)17-16-2-1-7-27(16)22(18(17)20(28)30)12-9-11(25)4-5-14(12)26-21(22)31/h3-6,8-9,16-18H,1-2,7H2,(H,26,31). The maximum Gasteiger partial charge on any atom is 0.250 e. The average molecular weight is 460 g/mol. The number of imide groups is 1. The SMILES string of the molecule is O=C1C2C3CCCN3C3(C(=O)Nc4ccc(F)cc43)C2C(=O)N1c1ccc(Cl)cc1Cl. The van der Waals surface area contributed by atoms with Crippen molar-refractivity contribution in [3.63, 3.8) is 0 Å². The third-order valence-electron chi connectivity index (χ3n) is 7.11. The van der Waals surface area contributed by atoms with Gasteiger partial charge in [-0.05, 0) is 55.8 Å². The fourth-order valence-electron chi connectivity index (χ4n) is 6.08. The molecule has 0 bridgehead atoms. The van der Waals surface area contributed by atoms with E-state index in [-0.39, 0.29) is 22.7 Å². The molecule has 9 heteroatoms. The quantitative estimate of drug-likeness (QED) is 0.661. The van der Waals surface area contributed by atoms with Gasteiger partial charge in [-0.3, -0.25) is 19.3 Å². The molecular weight excluding hydrogens is 444 g/mol. The Morgan fingerprint density at radius 1 is 1.06 bits per heavy atom. The minimum Gasteiger partial charge on any atom is -0.324 e. The second-order valence-corrected chi connectivity index (χ2v) is 9.27. The van der Waals surface area contributed by atoms with E-state index in [1.807, 2.05) is 4.90 Å². The van der Waals surface area contributed by atoms with E-state index in [1.165, 1.54) is 30.3 Å². The van der Waals surface area contributed by atoms with Gasteiger partial charge in [0.25, 0.3) is 0 Å². The van der Waals surface area contributed by atoms with E-state index >= 15 is 0 Å². The zero-order chi connectivity index (χ0) is 21.7. The van der Waals surface area contributed by atoms with Crippen LogP contribution in [0.1, 0.15) is 18.4 Å². The van der Waals surface area contributed by atoms with Crippen LogP contribution < -0.4 is 10.2 Å². The Morgan fingerprint density at radius 2 is 1.87 bits per heavy atom. The summed E-state index contributed by atoms with van der Waals surface area (Å²) in [6.07, 6.45) is 1.47. The molecule has 158 valence electrons. The van der Waals surface area contributed by atoms with Crippen LogP contribution in [-0.2, 0) is 19.9 Å². The number of amides is 3. The number of carbonyl (C=O) groups is 3. The van der Waals surface area contributed by atoms with Crippen molar-refractivity contribution < 1.29 is 18.8 Å². The van der Waals surface area contributed by atoms with Crippen LogP contribution in [0, 0.1) is 17.7 Å². The van der Waals surface area contributed by atoms with Gasteiger partial charge in [0, 0.05) is 22.3 Å². The minimum atomic E-state index is -1.41. The number of fused-ring (bicyclic) bond motifs is 7. The van der Waals surface area contributed by atoms with Crippen molar-refractivity contribution in [1.29, 1.82) is 0 Å². The number of rotatable bonds is 1. The van der Waals surface area contributed by atoms with Gasteiger partial charge in [-0.1, -0.05) is 23.2 Å². The first-order chi connectivity index (χ1) is 14.9. The van der Waals surface area contributed by atoms with Crippen LogP contribution >= 0.6 is 23.2 Å². The van der Waals surface area contributed by atoms with Crippen molar-refractivity contribution in [2.45, 2.75) is 24.4 Å². The van der Waals surface area contributed by atoms with E-state index < -0.39 is 35.0 Å². The number of benzene rings is 2. The fourth-order valence-corrected chi connectivity index (χ4v) is 6.57. The lowest BCUT2D eigenvalue weighted by molar-refractivity contribution is -0.135. The van der Waals surface area contributed by atoms with Crippen LogP contribution in [0.15, 0.2) is 36.4 Å². The number of anilines is 2. The zero-order valence-electron chi connectivity index (χ0n) is 16.1. The Kier molecular flexibility index (Phi) is 3.89. The van der Waals surface area contributed by atoms with Gasteiger partial charge in [-0.25, -0.2) is 9.29 Å². The molecule has 3 amide bonds. The van der Waals surface area contributed by atoms with Gasteiger partial charge in [0.05, 0.1) is 22.5 Å². The highest BCUT2D eigenvalue weighted by Gasteiger charge is 2.74. The predicted octanol–water partition coefficient (Wildman–Crippen LogP) is 3.56. The first-order valence-electron chi connectivity index (χ1n) is 10.1. The zero-order valence-corrected chi connectivity index (χ0v) is 17.6. The molecule has 0 radical (unpaired) electrons. The molecule has 0 aliphatic carbocycles. The van der Waals surface area contributed by atoms with Crippen LogP contribution in [0.25, 0.3) is 0 Å². The Hall–Kier alpha value is -2.48. The largest absolute Gasteiger partial charge is 0.324 e. The normalized spacial score (nSPS) is 31.4. The smallest absolute Gasteiger partial charge is 0.250 e. The van der Waals surface area contributed by atoms with Crippen LogP contribution in [0.2, 0.25) is 10.0 Å². The lowest BCUT2D eigenvalue weighted by Crippen LogP contribution is -2.54. The summed E-state index contributed by atoms with van der Waals surface area (Å²) in [7, 11) is 0. The molecule has 1 spiro atoms. The van der Waals surface area contributed by atoms with E-state index in [2.05, 4.69) is 5.32 Å². The molecular formula is C22H16Cl2FN3O3. The van der Waals surface area contributed by atoms with E-state index in [9.17, 15) is 18.8 Å². The van der Waals surface area contributed by atoms with Crippen LogP contribution in [0.4, 0.5) is 15.8 Å². The third kappa shape index (κ3) is 2.24. The second-order valence-electron chi connectivity index (χ2n) is 8.42. The van der Waals surface area contributed by atoms with Crippen molar-refractivity contribution in [1.82, 2.24) is 4.90 Å². The molecule has 3 fully saturated rings. The van der Waals surface area contributed by atoms with Crippen LogP contribution in [0.3, 0.4) is 0 Å². The summed E-state index contributed by atoms with van der Waals surface area (Å²) in [5.74, 6) is -3.44. The van der Waals surface area contributed by atoms with Gasteiger partial charge in [0.1, 0.15) is 11.4 Å². The fraction of sp³-hybridized carbons (Fsp3) is 0.318. The summed E-state index contributed by atoms with van der Waals surface area (Å²) < 4.78 is 14.3. The summed E-state index contributed by atoms with van der Waals surface area (Å²) in [5.41, 5.74) is -0.278. The number of carbonyl (C=O) groups excluding carboxylic acids is 3. The minimum absolute atomic E-state index is 0.175. The predicted molar refractivity (Wildman–Crippen MR) is 112 cm³/mol. The van der Waals surface area contributed by atoms with Crippen molar-refractivity contribution in [2.75, 3.05) is 16.8 Å².